The second-order valence-corrected chi connectivity index (χ2v) is 4.10. The number of hydrogen-bond donors (Lipinski definition) is 2. The van der Waals surface area contributed by atoms with Crippen LogP contribution in [0.15, 0.2) is 18.2 Å². The van der Waals surface area contributed by atoms with E-state index in [9.17, 15) is 4.79 Å². The Bertz CT molecular complexity index is 504. The van der Waals surface area contributed by atoms with Crippen LogP contribution in [0.2, 0.25) is 0 Å². The molecule has 0 spiro atoms. The second kappa shape index (κ2) is 6.18. The van der Waals surface area contributed by atoms with Crippen molar-refractivity contribution >= 4 is 11.6 Å². The van der Waals surface area contributed by atoms with Crippen molar-refractivity contribution in [2.24, 2.45) is 0 Å². The van der Waals surface area contributed by atoms with E-state index in [0.717, 1.165) is 0 Å². The van der Waals surface area contributed by atoms with Crippen LogP contribution in [0.1, 0.15) is 5.56 Å². The van der Waals surface area contributed by atoms with E-state index in [1.807, 2.05) is 6.07 Å². The number of methoxy groups -OCH3 is 1. The first-order valence-corrected chi connectivity index (χ1v) is 5.94. The van der Waals surface area contributed by atoms with Crippen LogP contribution < -0.4 is 15.4 Å². The van der Waals surface area contributed by atoms with Gasteiger partial charge in [0.25, 0.3) is 0 Å². The number of nitrogens with one attached hydrogen (secondary N) is 2. The number of ether oxygens (including phenoxy) is 2. The van der Waals surface area contributed by atoms with Gasteiger partial charge < -0.3 is 20.1 Å². The van der Waals surface area contributed by atoms with E-state index in [-0.39, 0.29) is 11.9 Å². The van der Waals surface area contributed by atoms with Gasteiger partial charge >= 0.3 is 0 Å². The lowest BCUT2D eigenvalue weighted by Crippen LogP contribution is -2.48. The molecule has 1 atom stereocenters. The van der Waals surface area contributed by atoms with Gasteiger partial charge in [0, 0.05) is 12.6 Å². The highest BCUT2D eigenvalue weighted by atomic mass is 16.5. The molecule has 0 aliphatic carbocycles. The number of morpholine rings is 1. The Labute approximate surface area is 111 Å². The minimum atomic E-state index is -0.367. The van der Waals surface area contributed by atoms with Crippen LogP contribution in [-0.4, -0.2) is 38.8 Å². The van der Waals surface area contributed by atoms with Crippen molar-refractivity contribution in [3.8, 4) is 11.8 Å². The van der Waals surface area contributed by atoms with E-state index in [1.165, 1.54) is 7.11 Å². The molecule has 1 heterocycles. The van der Waals surface area contributed by atoms with Crippen LogP contribution in [0.25, 0.3) is 0 Å². The Hall–Kier alpha value is -2.10. The third-order valence-electron chi connectivity index (χ3n) is 2.83. The van der Waals surface area contributed by atoms with Crippen LogP contribution in [0.3, 0.4) is 0 Å². The van der Waals surface area contributed by atoms with Gasteiger partial charge in [0.2, 0.25) is 5.91 Å². The third-order valence-corrected chi connectivity index (χ3v) is 2.83. The van der Waals surface area contributed by atoms with Crippen molar-refractivity contribution in [1.29, 1.82) is 5.26 Å². The molecule has 1 aliphatic heterocycles. The summed E-state index contributed by atoms with van der Waals surface area (Å²) >= 11 is 0. The topological polar surface area (TPSA) is 83.4 Å². The first-order chi connectivity index (χ1) is 9.24. The molecule has 1 aliphatic rings. The van der Waals surface area contributed by atoms with E-state index >= 15 is 0 Å². The molecule has 0 radical (unpaired) electrons. The minimum absolute atomic E-state index is 0.178. The Morgan fingerprint density at radius 1 is 1.63 bits per heavy atom. The molecule has 19 heavy (non-hydrogen) atoms. The second-order valence-electron chi connectivity index (χ2n) is 4.10. The molecule has 0 saturated carbocycles. The molecular weight excluding hydrogens is 246 g/mol. The lowest BCUT2D eigenvalue weighted by molar-refractivity contribution is -0.120. The molecule has 1 saturated heterocycles. The summed E-state index contributed by atoms with van der Waals surface area (Å²) in [5, 5.41) is 14.7. The number of nitrogens with zero attached hydrogens (tertiary/aromatic N) is 1. The first kappa shape index (κ1) is 13.3. The maximum atomic E-state index is 12.0. The Balaban J connectivity index is 2.09. The number of carbonyl (C=O) groups is 1. The highest BCUT2D eigenvalue weighted by Crippen LogP contribution is 2.25. The number of anilines is 1. The number of hydrogen-bond acceptors (Lipinski definition) is 5. The van der Waals surface area contributed by atoms with Crippen LogP contribution >= 0.6 is 0 Å². The number of rotatable bonds is 3. The smallest absolute Gasteiger partial charge is 0.244 e. The molecule has 1 aromatic carbocycles. The summed E-state index contributed by atoms with van der Waals surface area (Å²) in [6.07, 6.45) is 0. The van der Waals surface area contributed by atoms with Crippen LogP contribution in [0.5, 0.6) is 5.75 Å². The maximum absolute atomic E-state index is 12.0. The quantitative estimate of drug-likeness (QED) is 0.827. The molecule has 1 fully saturated rings. The van der Waals surface area contributed by atoms with E-state index in [1.54, 1.807) is 18.2 Å². The average Bonchev–Trinajstić information content (AvgIpc) is 2.48. The van der Waals surface area contributed by atoms with Gasteiger partial charge in [-0.15, -0.1) is 0 Å². The van der Waals surface area contributed by atoms with Gasteiger partial charge in [-0.2, -0.15) is 5.26 Å². The number of amides is 1. The summed E-state index contributed by atoms with van der Waals surface area (Å²) in [4.78, 5) is 12.0. The van der Waals surface area contributed by atoms with Crippen molar-refractivity contribution < 1.29 is 14.3 Å². The molecule has 0 aromatic heterocycles. The van der Waals surface area contributed by atoms with Gasteiger partial charge in [-0.25, -0.2) is 0 Å². The standard InChI is InChI=1S/C13H15N3O3/c1-18-12-6-9(7-14)2-3-10(12)16-13(17)11-8-19-5-4-15-11/h2-3,6,11,15H,4-5,8H2,1H3,(H,16,17). The Morgan fingerprint density at radius 3 is 3.11 bits per heavy atom. The molecule has 2 N–H and O–H groups in total. The summed E-state index contributed by atoms with van der Waals surface area (Å²) in [7, 11) is 1.49. The lowest BCUT2D eigenvalue weighted by atomic mass is 10.2. The van der Waals surface area contributed by atoms with Crippen molar-refractivity contribution in [2.75, 3.05) is 32.2 Å². The van der Waals surface area contributed by atoms with E-state index in [2.05, 4.69) is 10.6 Å². The zero-order valence-electron chi connectivity index (χ0n) is 10.6. The van der Waals surface area contributed by atoms with Gasteiger partial charge in [-0.1, -0.05) is 0 Å². The molecule has 1 aromatic rings. The number of benzene rings is 1. The number of nitriles is 1. The fourth-order valence-electron chi connectivity index (χ4n) is 1.82. The molecule has 6 nitrogen and oxygen atoms in total. The van der Waals surface area contributed by atoms with Crippen molar-refractivity contribution in [1.82, 2.24) is 5.32 Å². The van der Waals surface area contributed by atoms with Gasteiger partial charge in [-0.05, 0) is 12.1 Å². The van der Waals surface area contributed by atoms with Crippen molar-refractivity contribution in [3.63, 3.8) is 0 Å². The summed E-state index contributed by atoms with van der Waals surface area (Å²) in [5.74, 6) is 0.284. The zero-order valence-corrected chi connectivity index (χ0v) is 10.6. The first-order valence-electron chi connectivity index (χ1n) is 5.94. The molecule has 6 heteroatoms. The van der Waals surface area contributed by atoms with Gasteiger partial charge in [0.1, 0.15) is 11.8 Å². The predicted molar refractivity (Wildman–Crippen MR) is 68.9 cm³/mol. The Morgan fingerprint density at radius 2 is 2.47 bits per heavy atom. The largest absolute Gasteiger partial charge is 0.495 e. The van der Waals surface area contributed by atoms with Gasteiger partial charge in [-0.3, -0.25) is 4.79 Å². The van der Waals surface area contributed by atoms with E-state index in [0.29, 0.717) is 36.8 Å². The molecule has 100 valence electrons. The lowest BCUT2D eigenvalue weighted by Gasteiger charge is -2.23. The van der Waals surface area contributed by atoms with Gasteiger partial charge in [0.15, 0.2) is 0 Å². The van der Waals surface area contributed by atoms with Crippen molar-refractivity contribution in [3.05, 3.63) is 23.8 Å². The average molecular weight is 261 g/mol. The van der Waals surface area contributed by atoms with Crippen molar-refractivity contribution in [2.45, 2.75) is 6.04 Å². The van der Waals surface area contributed by atoms with Crippen LogP contribution in [-0.2, 0) is 9.53 Å². The molecule has 1 amide bonds. The molecule has 2 rings (SSSR count). The van der Waals surface area contributed by atoms with E-state index in [4.69, 9.17) is 14.7 Å². The molecule has 1 unspecified atom stereocenters. The number of carbonyl (C=O) groups excluding carboxylic acids is 1. The highest BCUT2D eigenvalue weighted by Gasteiger charge is 2.22. The van der Waals surface area contributed by atoms with Gasteiger partial charge in [0.05, 0.1) is 37.6 Å². The summed E-state index contributed by atoms with van der Waals surface area (Å²) < 4.78 is 10.4. The summed E-state index contributed by atoms with van der Waals surface area (Å²) in [6, 6.07) is 6.52. The zero-order chi connectivity index (χ0) is 13.7. The molecular formula is C13H15N3O3. The third kappa shape index (κ3) is 3.22. The van der Waals surface area contributed by atoms with E-state index < -0.39 is 0 Å². The minimum Gasteiger partial charge on any atom is -0.495 e. The summed E-state index contributed by atoms with van der Waals surface area (Å²) in [5.41, 5.74) is 1.02. The fraction of sp³-hybridized carbons (Fsp3) is 0.385. The SMILES string of the molecule is COc1cc(C#N)ccc1NC(=O)C1COCCN1. The normalized spacial score (nSPS) is 18.4. The highest BCUT2D eigenvalue weighted by molar-refractivity contribution is 5.96. The van der Waals surface area contributed by atoms with Crippen LogP contribution in [0.4, 0.5) is 5.69 Å². The van der Waals surface area contributed by atoms with Crippen LogP contribution in [0, 0.1) is 11.3 Å². The predicted octanol–water partition coefficient (Wildman–Crippen LogP) is 0.494. The molecule has 0 bridgehead atoms. The maximum Gasteiger partial charge on any atom is 0.244 e. The monoisotopic (exact) mass is 261 g/mol. The fourth-order valence-corrected chi connectivity index (χ4v) is 1.82. The Kier molecular flexibility index (Phi) is 4.34. The summed E-state index contributed by atoms with van der Waals surface area (Å²) in [6.45, 7) is 1.62.